The quantitative estimate of drug-likeness (QED) is 0.232. The van der Waals surface area contributed by atoms with Crippen molar-refractivity contribution in [2.45, 2.75) is 0 Å². The number of fused-ring (bicyclic) bond motifs is 4. The number of allylic oxidation sites excluding steroid dienone is 12. The zero-order chi connectivity index (χ0) is 33.6. The Morgan fingerprint density at radius 3 is 0.940 bits per heavy atom. The fourth-order valence-corrected chi connectivity index (χ4v) is 6.83. The van der Waals surface area contributed by atoms with Gasteiger partial charge in [0.15, 0.2) is 0 Å². The first-order chi connectivity index (χ1) is 24.6. The number of phenolic OH excluding ortho intramolecular Hbond substituents is 2. The topological polar surface area (TPSA) is 89.9 Å². The van der Waals surface area contributed by atoms with Crippen molar-refractivity contribution in [3.05, 3.63) is 203 Å². The highest BCUT2D eigenvalue weighted by Crippen LogP contribution is 2.42. The summed E-state index contributed by atoms with van der Waals surface area (Å²) in [6, 6.07) is 35.1. The van der Waals surface area contributed by atoms with Gasteiger partial charge >= 0.3 is 0 Å². The molecule has 9 rings (SSSR count). The molecule has 0 aliphatic carbocycles. The molecule has 0 atom stereocenters. The first-order valence-electron chi connectivity index (χ1n) is 16.4. The molecular formula is C44H28N4O2. The van der Waals surface area contributed by atoms with Crippen LogP contribution in [0.5, 0.6) is 11.5 Å². The number of hydrogen-bond acceptors (Lipinski definition) is 6. The van der Waals surface area contributed by atoms with Crippen LogP contribution in [0.4, 0.5) is 0 Å². The van der Waals surface area contributed by atoms with Crippen LogP contribution in [0.25, 0.3) is 22.3 Å². The van der Waals surface area contributed by atoms with Crippen molar-refractivity contribution in [1.29, 1.82) is 0 Å². The lowest BCUT2D eigenvalue weighted by Gasteiger charge is -2.14. The van der Waals surface area contributed by atoms with E-state index in [1.165, 1.54) is 0 Å². The summed E-state index contributed by atoms with van der Waals surface area (Å²) < 4.78 is 0. The first kappa shape index (κ1) is 29.2. The number of benzene rings is 4. The summed E-state index contributed by atoms with van der Waals surface area (Å²) in [5.41, 5.74) is 12.0. The highest BCUT2D eigenvalue weighted by Gasteiger charge is 2.29. The summed E-state index contributed by atoms with van der Waals surface area (Å²) in [5.74, 6) is -0.145. The monoisotopic (exact) mass is 644 g/mol. The van der Waals surface area contributed by atoms with Crippen LogP contribution >= 0.6 is 0 Å². The predicted molar refractivity (Wildman–Crippen MR) is 203 cm³/mol. The molecule has 5 aliphatic heterocycles. The molecule has 236 valence electrons. The molecular weight excluding hydrogens is 617 g/mol. The van der Waals surface area contributed by atoms with Gasteiger partial charge in [-0.3, -0.25) is 0 Å². The van der Waals surface area contributed by atoms with Gasteiger partial charge in [-0.1, -0.05) is 97.1 Å². The van der Waals surface area contributed by atoms with Crippen LogP contribution in [0, 0.1) is 0 Å². The zero-order valence-corrected chi connectivity index (χ0v) is 26.7. The van der Waals surface area contributed by atoms with Gasteiger partial charge in [-0.15, -0.1) is 0 Å². The Morgan fingerprint density at radius 1 is 0.300 bits per heavy atom. The second-order valence-electron chi connectivity index (χ2n) is 12.1. The van der Waals surface area contributed by atoms with Crippen molar-refractivity contribution in [2.75, 3.05) is 0 Å². The minimum absolute atomic E-state index is 0.0725. The summed E-state index contributed by atoms with van der Waals surface area (Å²) >= 11 is 0. The van der Waals surface area contributed by atoms with Crippen molar-refractivity contribution < 1.29 is 10.2 Å². The van der Waals surface area contributed by atoms with Crippen molar-refractivity contribution in [2.24, 2.45) is 20.0 Å². The van der Waals surface area contributed by atoms with Crippen molar-refractivity contribution in [1.82, 2.24) is 0 Å². The number of phenols is 2. The molecule has 8 bridgehead atoms. The smallest absolute Gasteiger partial charge is 0.127 e. The lowest BCUT2D eigenvalue weighted by Crippen LogP contribution is -2.04. The molecule has 50 heavy (non-hydrogen) atoms. The van der Waals surface area contributed by atoms with Crippen LogP contribution in [0.15, 0.2) is 201 Å². The molecule has 0 unspecified atom stereocenters. The molecule has 0 radical (unpaired) electrons. The highest BCUT2D eigenvalue weighted by atomic mass is 16.3. The predicted octanol–water partition coefficient (Wildman–Crippen LogP) is 9.10. The van der Waals surface area contributed by atoms with Crippen LogP contribution in [-0.2, 0) is 0 Å². The fraction of sp³-hybridized carbons (Fsp3) is 0. The van der Waals surface area contributed by atoms with E-state index in [2.05, 4.69) is 36.4 Å². The van der Waals surface area contributed by atoms with E-state index in [1.54, 1.807) is 18.2 Å². The largest absolute Gasteiger partial charge is 0.507 e. The number of aliphatic imine (C=N–C) groups is 4. The van der Waals surface area contributed by atoms with Crippen molar-refractivity contribution in [3.8, 4) is 11.5 Å². The highest BCUT2D eigenvalue weighted by molar-refractivity contribution is 6.39. The molecule has 0 saturated carbocycles. The summed E-state index contributed by atoms with van der Waals surface area (Å²) in [4.78, 5) is 20.9. The summed E-state index contributed by atoms with van der Waals surface area (Å²) in [6.07, 6.45) is 15.9. The second-order valence-corrected chi connectivity index (χ2v) is 12.1. The Labute approximate surface area is 289 Å². The lowest BCUT2D eigenvalue weighted by atomic mass is 9.97. The molecule has 5 heterocycles. The average molecular weight is 645 g/mol. The molecule has 6 heteroatoms. The lowest BCUT2D eigenvalue weighted by molar-refractivity contribution is 0.448. The van der Waals surface area contributed by atoms with Crippen LogP contribution in [0.1, 0.15) is 22.3 Å². The van der Waals surface area contributed by atoms with Crippen molar-refractivity contribution >= 4 is 45.1 Å². The molecule has 0 spiro atoms. The van der Waals surface area contributed by atoms with Crippen LogP contribution < -0.4 is 0 Å². The zero-order valence-electron chi connectivity index (χ0n) is 26.7. The van der Waals surface area contributed by atoms with Crippen LogP contribution in [0.3, 0.4) is 0 Å². The molecule has 0 amide bonds. The van der Waals surface area contributed by atoms with E-state index < -0.39 is 0 Å². The molecule has 0 fully saturated rings. The summed E-state index contributed by atoms with van der Waals surface area (Å²) in [6.45, 7) is 0. The maximum atomic E-state index is 11.2. The second kappa shape index (κ2) is 12.0. The third kappa shape index (κ3) is 4.98. The van der Waals surface area contributed by atoms with Gasteiger partial charge in [0, 0.05) is 22.3 Å². The number of rotatable bonds is 4. The van der Waals surface area contributed by atoms with Gasteiger partial charge in [0.25, 0.3) is 0 Å². The molecule has 4 aromatic rings. The minimum atomic E-state index is -0.0725. The van der Waals surface area contributed by atoms with Gasteiger partial charge in [-0.05, 0) is 77.4 Å². The van der Waals surface area contributed by atoms with E-state index in [-0.39, 0.29) is 17.1 Å². The molecule has 0 saturated heterocycles. The Kier molecular flexibility index (Phi) is 6.99. The normalized spacial score (nSPS) is 17.6. The van der Waals surface area contributed by atoms with Gasteiger partial charge < -0.3 is 10.2 Å². The first-order valence-corrected chi connectivity index (χ1v) is 16.4. The van der Waals surface area contributed by atoms with Gasteiger partial charge in [-0.25, -0.2) is 20.0 Å². The Bertz CT molecular complexity index is 2440. The van der Waals surface area contributed by atoms with Gasteiger partial charge in [0.05, 0.1) is 51.2 Å². The van der Waals surface area contributed by atoms with E-state index in [1.807, 2.05) is 103 Å². The van der Waals surface area contributed by atoms with Gasteiger partial charge in [-0.2, -0.15) is 0 Å². The molecule has 0 aromatic heterocycles. The van der Waals surface area contributed by atoms with E-state index in [0.717, 1.165) is 56.2 Å². The van der Waals surface area contributed by atoms with Crippen LogP contribution in [0.2, 0.25) is 0 Å². The SMILES string of the molecule is Oc1cccc(O)c1C1=C2C=CC(=N2)C(c2ccccc2)=C2C=CC(=N2)C(c2ccccc2)=C2C=CC(=N2)C(c2ccccc2)=C2C=CC1=N2. The van der Waals surface area contributed by atoms with Crippen molar-refractivity contribution in [3.63, 3.8) is 0 Å². The standard InChI is InChI=1S/C44H28N4O2/c49-38-17-10-18-39(50)44(38)43-36-25-23-34(47-36)41(28-13-6-2-7-14-28)32-21-19-30(45-32)40(27-11-4-1-5-12-27)31-20-22-33(46-31)42(29-15-8-3-9-16-29)35-24-26-37(43)48-35/h1-26,49-50H. The number of hydrogen-bond donors (Lipinski definition) is 2. The Balaban J connectivity index is 1.39. The molecule has 5 aliphatic rings. The fourth-order valence-electron chi connectivity index (χ4n) is 6.83. The Hall–Kier alpha value is -6.92. The van der Waals surface area contributed by atoms with E-state index in [0.29, 0.717) is 28.4 Å². The number of aromatic hydroxyl groups is 2. The van der Waals surface area contributed by atoms with Gasteiger partial charge in [0.2, 0.25) is 0 Å². The third-order valence-electron chi connectivity index (χ3n) is 9.07. The molecule has 2 N–H and O–H groups in total. The molecule has 4 aromatic carbocycles. The summed E-state index contributed by atoms with van der Waals surface area (Å²) in [5, 5.41) is 22.3. The minimum Gasteiger partial charge on any atom is -0.507 e. The molecule has 6 nitrogen and oxygen atoms in total. The summed E-state index contributed by atoms with van der Waals surface area (Å²) in [7, 11) is 0. The van der Waals surface area contributed by atoms with E-state index in [4.69, 9.17) is 20.0 Å². The maximum Gasteiger partial charge on any atom is 0.127 e. The third-order valence-corrected chi connectivity index (χ3v) is 9.07. The van der Waals surface area contributed by atoms with Gasteiger partial charge in [0.1, 0.15) is 11.5 Å². The van der Waals surface area contributed by atoms with E-state index in [9.17, 15) is 10.2 Å². The van der Waals surface area contributed by atoms with E-state index >= 15 is 0 Å². The van der Waals surface area contributed by atoms with Crippen LogP contribution in [-0.4, -0.2) is 33.1 Å². The maximum absolute atomic E-state index is 11.2. The number of nitrogens with zero attached hydrogens (tertiary/aromatic N) is 4. The Morgan fingerprint density at radius 2 is 0.600 bits per heavy atom. The average Bonchev–Trinajstić information content (AvgIpc) is 3.98.